The molecule has 0 aromatic rings. The molecule has 0 spiro atoms. The second-order valence-electron chi connectivity index (χ2n) is 6.96. The fourth-order valence-corrected chi connectivity index (χ4v) is 4.62. The highest BCUT2D eigenvalue weighted by Gasteiger charge is 2.57. The third-order valence-corrected chi connectivity index (χ3v) is 5.39. The van der Waals surface area contributed by atoms with Gasteiger partial charge in [-0.15, -0.1) is 0 Å². The fraction of sp³-hybridized carbons (Fsp3) is 1.00. The molecular formula is C16H28O2. The molecule has 1 saturated heterocycles. The maximum atomic E-state index is 5.91. The Morgan fingerprint density at radius 2 is 2.17 bits per heavy atom. The Morgan fingerprint density at radius 1 is 1.28 bits per heavy atom. The Balaban J connectivity index is 1.60. The molecule has 3 rings (SSSR count). The van der Waals surface area contributed by atoms with Gasteiger partial charge in [-0.1, -0.05) is 6.92 Å². The SMILES string of the molecule is CCO[C@H]1C[C@@H](C)CC2(CC3CCCO3)C[C@@H]2C1. The first-order valence-corrected chi connectivity index (χ1v) is 7.95. The summed E-state index contributed by atoms with van der Waals surface area (Å²) in [6.45, 7) is 6.43. The number of rotatable bonds is 4. The van der Waals surface area contributed by atoms with Crippen LogP contribution >= 0.6 is 0 Å². The van der Waals surface area contributed by atoms with Crippen LogP contribution in [0.15, 0.2) is 0 Å². The van der Waals surface area contributed by atoms with Crippen molar-refractivity contribution >= 4 is 0 Å². The summed E-state index contributed by atoms with van der Waals surface area (Å²) >= 11 is 0. The topological polar surface area (TPSA) is 18.5 Å². The molecule has 2 saturated carbocycles. The van der Waals surface area contributed by atoms with Gasteiger partial charge in [-0.25, -0.2) is 0 Å². The molecule has 0 aromatic carbocycles. The van der Waals surface area contributed by atoms with Crippen molar-refractivity contribution in [1.29, 1.82) is 0 Å². The van der Waals surface area contributed by atoms with Gasteiger partial charge in [-0.2, -0.15) is 0 Å². The highest BCUT2D eigenvalue weighted by molar-refractivity contribution is 5.06. The summed E-state index contributed by atoms with van der Waals surface area (Å²) in [5.41, 5.74) is 0.639. The molecule has 0 amide bonds. The molecule has 3 aliphatic rings. The van der Waals surface area contributed by atoms with Crippen LogP contribution in [-0.4, -0.2) is 25.4 Å². The zero-order valence-electron chi connectivity index (χ0n) is 12.0. The molecule has 1 heterocycles. The summed E-state index contributed by atoms with van der Waals surface area (Å²) in [7, 11) is 0. The Labute approximate surface area is 111 Å². The van der Waals surface area contributed by atoms with Crippen LogP contribution in [0, 0.1) is 17.3 Å². The van der Waals surface area contributed by atoms with E-state index in [4.69, 9.17) is 9.47 Å². The summed E-state index contributed by atoms with van der Waals surface area (Å²) < 4.78 is 11.8. The Hall–Kier alpha value is -0.0800. The smallest absolute Gasteiger partial charge is 0.0581 e. The lowest BCUT2D eigenvalue weighted by atomic mass is 9.86. The first-order valence-electron chi connectivity index (χ1n) is 7.95. The van der Waals surface area contributed by atoms with E-state index in [9.17, 15) is 0 Å². The monoisotopic (exact) mass is 252 g/mol. The average molecular weight is 252 g/mol. The predicted octanol–water partition coefficient (Wildman–Crippen LogP) is 3.79. The van der Waals surface area contributed by atoms with Crippen molar-refractivity contribution < 1.29 is 9.47 Å². The van der Waals surface area contributed by atoms with Crippen LogP contribution in [0.5, 0.6) is 0 Å². The van der Waals surface area contributed by atoms with Gasteiger partial charge < -0.3 is 9.47 Å². The normalized spacial score (nSPS) is 47.7. The summed E-state index contributed by atoms with van der Waals surface area (Å²) in [5, 5.41) is 0. The molecule has 0 aromatic heterocycles. The molecular weight excluding hydrogens is 224 g/mol. The third-order valence-electron chi connectivity index (χ3n) is 5.39. The lowest BCUT2D eigenvalue weighted by molar-refractivity contribution is 0.0407. The molecule has 2 heteroatoms. The molecule has 0 bridgehead atoms. The van der Waals surface area contributed by atoms with Gasteiger partial charge in [0, 0.05) is 13.2 Å². The molecule has 104 valence electrons. The lowest BCUT2D eigenvalue weighted by Crippen LogP contribution is -2.17. The highest BCUT2D eigenvalue weighted by Crippen LogP contribution is 2.64. The van der Waals surface area contributed by atoms with E-state index >= 15 is 0 Å². The number of hydrogen-bond acceptors (Lipinski definition) is 2. The van der Waals surface area contributed by atoms with Crippen molar-refractivity contribution in [2.24, 2.45) is 17.3 Å². The summed E-state index contributed by atoms with van der Waals surface area (Å²) in [4.78, 5) is 0. The third kappa shape index (κ3) is 2.60. The zero-order chi connectivity index (χ0) is 12.6. The van der Waals surface area contributed by atoms with Crippen molar-refractivity contribution in [2.45, 2.75) is 71.0 Å². The molecule has 0 radical (unpaired) electrons. The van der Waals surface area contributed by atoms with E-state index in [0.29, 0.717) is 17.6 Å². The van der Waals surface area contributed by atoms with Gasteiger partial charge in [-0.3, -0.25) is 0 Å². The van der Waals surface area contributed by atoms with E-state index in [0.717, 1.165) is 25.0 Å². The molecule has 0 N–H and O–H groups in total. The van der Waals surface area contributed by atoms with Crippen LogP contribution in [0.4, 0.5) is 0 Å². The van der Waals surface area contributed by atoms with Gasteiger partial charge in [0.15, 0.2) is 0 Å². The Bertz CT molecular complexity index is 285. The summed E-state index contributed by atoms with van der Waals surface area (Å²) in [6, 6.07) is 0. The molecule has 2 nitrogen and oxygen atoms in total. The minimum Gasteiger partial charge on any atom is -0.378 e. The van der Waals surface area contributed by atoms with Crippen molar-refractivity contribution in [3.8, 4) is 0 Å². The highest BCUT2D eigenvalue weighted by atomic mass is 16.5. The van der Waals surface area contributed by atoms with E-state index < -0.39 is 0 Å². The van der Waals surface area contributed by atoms with Crippen molar-refractivity contribution in [3.05, 3.63) is 0 Å². The van der Waals surface area contributed by atoms with Crippen LogP contribution in [-0.2, 0) is 9.47 Å². The van der Waals surface area contributed by atoms with Crippen molar-refractivity contribution in [1.82, 2.24) is 0 Å². The van der Waals surface area contributed by atoms with E-state index in [1.54, 1.807) is 0 Å². The van der Waals surface area contributed by atoms with Crippen LogP contribution in [0.2, 0.25) is 0 Å². The second kappa shape index (κ2) is 5.13. The van der Waals surface area contributed by atoms with Gasteiger partial charge in [0.25, 0.3) is 0 Å². The molecule has 1 aliphatic heterocycles. The number of ether oxygens (including phenoxy) is 2. The molecule has 5 atom stereocenters. The van der Waals surface area contributed by atoms with E-state index in [-0.39, 0.29) is 0 Å². The minimum absolute atomic E-state index is 0.531. The van der Waals surface area contributed by atoms with Crippen LogP contribution < -0.4 is 0 Å². The standard InChI is InChI=1S/C16H28O2/c1-3-17-15-7-12(2)9-16(10-13(16)8-15)11-14-5-4-6-18-14/h12-15H,3-11H2,1-2H3/t12-,13+,14?,15+,16?/m1/s1. The largest absolute Gasteiger partial charge is 0.378 e. The predicted molar refractivity (Wildman–Crippen MR) is 72.6 cm³/mol. The van der Waals surface area contributed by atoms with Crippen LogP contribution in [0.3, 0.4) is 0 Å². The van der Waals surface area contributed by atoms with Gasteiger partial charge in [0.2, 0.25) is 0 Å². The van der Waals surface area contributed by atoms with Gasteiger partial charge in [0.1, 0.15) is 0 Å². The first-order chi connectivity index (χ1) is 8.72. The minimum atomic E-state index is 0.531. The van der Waals surface area contributed by atoms with E-state index in [2.05, 4.69) is 13.8 Å². The molecule has 2 aliphatic carbocycles. The van der Waals surface area contributed by atoms with Crippen molar-refractivity contribution in [3.63, 3.8) is 0 Å². The maximum Gasteiger partial charge on any atom is 0.0581 e. The molecule has 3 fully saturated rings. The molecule has 18 heavy (non-hydrogen) atoms. The van der Waals surface area contributed by atoms with Crippen molar-refractivity contribution in [2.75, 3.05) is 13.2 Å². The average Bonchev–Trinajstić information content (AvgIpc) is 2.73. The van der Waals surface area contributed by atoms with Crippen LogP contribution in [0.25, 0.3) is 0 Å². The maximum absolute atomic E-state index is 5.91. The summed E-state index contributed by atoms with van der Waals surface area (Å²) in [5.74, 6) is 1.76. The second-order valence-corrected chi connectivity index (χ2v) is 6.96. The summed E-state index contributed by atoms with van der Waals surface area (Å²) in [6.07, 6.45) is 10.5. The quantitative estimate of drug-likeness (QED) is 0.758. The Morgan fingerprint density at radius 3 is 2.89 bits per heavy atom. The number of fused-ring (bicyclic) bond motifs is 1. The fourth-order valence-electron chi connectivity index (χ4n) is 4.62. The molecule has 2 unspecified atom stereocenters. The van der Waals surface area contributed by atoms with Gasteiger partial charge in [0.05, 0.1) is 12.2 Å². The van der Waals surface area contributed by atoms with E-state index in [1.807, 2.05) is 0 Å². The first kappa shape index (κ1) is 12.9. The van der Waals surface area contributed by atoms with Gasteiger partial charge in [-0.05, 0) is 69.1 Å². The van der Waals surface area contributed by atoms with Gasteiger partial charge >= 0.3 is 0 Å². The zero-order valence-corrected chi connectivity index (χ0v) is 12.0. The number of hydrogen-bond donors (Lipinski definition) is 0. The van der Waals surface area contributed by atoms with E-state index in [1.165, 1.54) is 44.9 Å². The lowest BCUT2D eigenvalue weighted by Gasteiger charge is -2.22. The Kier molecular flexibility index (Phi) is 3.68. The van der Waals surface area contributed by atoms with Crippen LogP contribution in [0.1, 0.15) is 58.8 Å².